The Labute approximate surface area is 166 Å². The van der Waals surface area contributed by atoms with Gasteiger partial charge in [0.25, 0.3) is 0 Å². The normalized spacial score (nSPS) is 11.0. The van der Waals surface area contributed by atoms with Gasteiger partial charge in [-0.15, -0.1) is 6.58 Å². The Hall–Kier alpha value is -2.31. The SMILES string of the molecule is C=CCOOCCOC(=O)NCCCCCC(CCCCCN=C=O)N=C=O. The molecule has 0 aliphatic carbocycles. The van der Waals surface area contributed by atoms with E-state index in [-0.39, 0.29) is 25.9 Å². The summed E-state index contributed by atoms with van der Waals surface area (Å²) in [6.45, 7) is 5.03. The highest BCUT2D eigenvalue weighted by Crippen LogP contribution is 2.13. The maximum atomic E-state index is 11.4. The van der Waals surface area contributed by atoms with Gasteiger partial charge >= 0.3 is 6.09 Å². The fourth-order valence-corrected chi connectivity index (χ4v) is 2.39. The summed E-state index contributed by atoms with van der Waals surface area (Å²) < 4.78 is 4.91. The van der Waals surface area contributed by atoms with Crippen LogP contribution in [0.4, 0.5) is 4.79 Å². The Morgan fingerprint density at radius 2 is 1.75 bits per heavy atom. The molecule has 0 aliphatic heterocycles. The average Bonchev–Trinajstić information content (AvgIpc) is 2.69. The van der Waals surface area contributed by atoms with Gasteiger partial charge in [0.2, 0.25) is 12.2 Å². The zero-order valence-electron chi connectivity index (χ0n) is 16.4. The molecule has 0 aromatic carbocycles. The van der Waals surface area contributed by atoms with Gasteiger partial charge in [0.05, 0.1) is 12.6 Å². The summed E-state index contributed by atoms with van der Waals surface area (Å²) in [5.41, 5.74) is 0. The van der Waals surface area contributed by atoms with Crippen LogP contribution >= 0.6 is 0 Å². The van der Waals surface area contributed by atoms with Crippen LogP contribution in [0.1, 0.15) is 51.4 Å². The maximum absolute atomic E-state index is 11.4. The minimum Gasteiger partial charge on any atom is -0.447 e. The van der Waals surface area contributed by atoms with Crippen molar-refractivity contribution in [2.24, 2.45) is 9.98 Å². The molecule has 1 amide bonds. The summed E-state index contributed by atoms with van der Waals surface area (Å²) in [7, 11) is 0. The van der Waals surface area contributed by atoms with Crippen molar-refractivity contribution in [2.75, 3.05) is 32.9 Å². The molecule has 1 atom stereocenters. The Kier molecular flexibility index (Phi) is 19.3. The molecule has 0 aromatic rings. The van der Waals surface area contributed by atoms with Gasteiger partial charge < -0.3 is 10.1 Å². The first-order chi connectivity index (χ1) is 13.7. The molecule has 1 N–H and O–H groups in total. The van der Waals surface area contributed by atoms with E-state index in [0.717, 1.165) is 51.4 Å². The second-order valence-electron chi connectivity index (χ2n) is 6.00. The zero-order chi connectivity index (χ0) is 20.7. The van der Waals surface area contributed by atoms with E-state index in [1.54, 1.807) is 12.2 Å². The van der Waals surface area contributed by atoms with Crippen LogP contribution in [0.25, 0.3) is 0 Å². The Balaban J connectivity index is 3.60. The first-order valence-electron chi connectivity index (χ1n) is 9.61. The van der Waals surface area contributed by atoms with Crippen molar-refractivity contribution in [1.82, 2.24) is 5.32 Å². The minimum atomic E-state index is -0.491. The van der Waals surface area contributed by atoms with E-state index < -0.39 is 6.09 Å². The predicted molar refractivity (Wildman–Crippen MR) is 103 cm³/mol. The number of hydrogen-bond donors (Lipinski definition) is 1. The van der Waals surface area contributed by atoms with E-state index in [2.05, 4.69) is 21.9 Å². The molecule has 9 nitrogen and oxygen atoms in total. The number of carbonyl (C=O) groups excluding carboxylic acids is 3. The predicted octanol–water partition coefficient (Wildman–Crippen LogP) is 3.01. The van der Waals surface area contributed by atoms with Gasteiger partial charge in [0, 0.05) is 6.54 Å². The van der Waals surface area contributed by atoms with E-state index in [4.69, 9.17) is 14.5 Å². The molecular formula is C19H31N3O6. The number of alkyl carbamates (subject to hydrolysis) is 1. The van der Waals surface area contributed by atoms with Crippen molar-refractivity contribution in [1.29, 1.82) is 0 Å². The van der Waals surface area contributed by atoms with Crippen molar-refractivity contribution in [3.8, 4) is 0 Å². The number of aliphatic imine (C=N–C) groups is 2. The van der Waals surface area contributed by atoms with Gasteiger partial charge in [-0.05, 0) is 25.7 Å². The van der Waals surface area contributed by atoms with E-state index in [1.807, 2.05) is 0 Å². The van der Waals surface area contributed by atoms with Crippen LogP contribution in [0.3, 0.4) is 0 Å². The lowest BCUT2D eigenvalue weighted by molar-refractivity contribution is -0.289. The molecule has 0 fully saturated rings. The summed E-state index contributed by atoms with van der Waals surface area (Å²) in [5, 5.41) is 2.66. The summed E-state index contributed by atoms with van der Waals surface area (Å²) in [6.07, 6.45) is 11.2. The highest BCUT2D eigenvalue weighted by atomic mass is 17.2. The number of hydrogen-bond acceptors (Lipinski definition) is 8. The molecule has 158 valence electrons. The van der Waals surface area contributed by atoms with Crippen molar-refractivity contribution in [3.05, 3.63) is 12.7 Å². The molecule has 0 heterocycles. The lowest BCUT2D eigenvalue weighted by Crippen LogP contribution is -2.26. The fraction of sp³-hybridized carbons (Fsp3) is 0.737. The number of carbonyl (C=O) groups is 1. The van der Waals surface area contributed by atoms with Crippen molar-refractivity contribution >= 4 is 18.3 Å². The second kappa shape index (κ2) is 21.0. The van der Waals surface area contributed by atoms with E-state index in [1.165, 1.54) is 6.08 Å². The molecule has 0 bridgehead atoms. The highest BCUT2D eigenvalue weighted by Gasteiger charge is 2.07. The topological polar surface area (TPSA) is 116 Å². The standard InChI is InChI=1S/C19H31N3O6/c1-2-13-27-28-15-14-26-19(25)21-12-8-4-6-10-18(22-17-24)9-5-3-7-11-20-16-23/h2,18H,1,3-15H2,(H,21,25). The van der Waals surface area contributed by atoms with Gasteiger partial charge in [-0.1, -0.05) is 31.8 Å². The first kappa shape index (κ1) is 25.7. The molecule has 0 saturated carbocycles. The first-order valence-corrected chi connectivity index (χ1v) is 9.61. The van der Waals surface area contributed by atoms with E-state index in [0.29, 0.717) is 13.1 Å². The number of nitrogens with one attached hydrogen (secondary N) is 1. The van der Waals surface area contributed by atoms with E-state index in [9.17, 15) is 14.4 Å². The van der Waals surface area contributed by atoms with Gasteiger partial charge in [-0.2, -0.15) is 0 Å². The van der Waals surface area contributed by atoms with Crippen LogP contribution in [0.15, 0.2) is 22.6 Å². The molecule has 0 saturated heterocycles. The lowest BCUT2D eigenvalue weighted by Gasteiger charge is -2.10. The van der Waals surface area contributed by atoms with Crippen LogP contribution in [0.5, 0.6) is 0 Å². The number of rotatable bonds is 19. The van der Waals surface area contributed by atoms with Gasteiger partial charge in [0.15, 0.2) is 0 Å². The molecule has 0 aliphatic rings. The third-order valence-corrected chi connectivity index (χ3v) is 3.76. The number of unbranched alkanes of at least 4 members (excludes halogenated alkanes) is 4. The minimum absolute atomic E-state index is 0.0201. The molecule has 28 heavy (non-hydrogen) atoms. The number of isocyanates is 2. The van der Waals surface area contributed by atoms with Crippen LogP contribution in [0.2, 0.25) is 0 Å². The largest absolute Gasteiger partial charge is 0.447 e. The molecular weight excluding hydrogens is 366 g/mol. The third-order valence-electron chi connectivity index (χ3n) is 3.76. The average molecular weight is 397 g/mol. The van der Waals surface area contributed by atoms with E-state index >= 15 is 0 Å². The summed E-state index contributed by atoms with van der Waals surface area (Å²) in [4.78, 5) is 48.7. The summed E-state index contributed by atoms with van der Waals surface area (Å²) in [6, 6.07) is -0.0201. The second-order valence-corrected chi connectivity index (χ2v) is 6.00. The van der Waals surface area contributed by atoms with Crippen molar-refractivity contribution in [2.45, 2.75) is 57.4 Å². The lowest BCUT2D eigenvalue weighted by atomic mass is 10.0. The van der Waals surface area contributed by atoms with Gasteiger partial charge in [-0.3, -0.25) is 0 Å². The molecule has 0 radical (unpaired) electrons. The quantitative estimate of drug-likeness (QED) is 0.0894. The fourth-order valence-electron chi connectivity index (χ4n) is 2.39. The van der Waals surface area contributed by atoms with Crippen LogP contribution in [0, 0.1) is 0 Å². The summed E-state index contributed by atoms with van der Waals surface area (Å²) in [5.74, 6) is 0. The number of amides is 1. The molecule has 0 spiro atoms. The van der Waals surface area contributed by atoms with Crippen LogP contribution in [-0.4, -0.2) is 57.2 Å². The third kappa shape index (κ3) is 18.5. The highest BCUT2D eigenvalue weighted by molar-refractivity contribution is 5.66. The molecule has 0 rings (SSSR count). The Morgan fingerprint density at radius 1 is 1.00 bits per heavy atom. The maximum Gasteiger partial charge on any atom is 0.407 e. The van der Waals surface area contributed by atoms with Gasteiger partial charge in [0.1, 0.15) is 19.8 Å². The van der Waals surface area contributed by atoms with Crippen LogP contribution in [-0.2, 0) is 24.1 Å². The Morgan fingerprint density at radius 3 is 2.43 bits per heavy atom. The number of ether oxygens (including phenoxy) is 1. The van der Waals surface area contributed by atoms with Crippen LogP contribution < -0.4 is 5.32 Å². The zero-order valence-corrected chi connectivity index (χ0v) is 16.4. The van der Waals surface area contributed by atoms with Crippen molar-refractivity contribution in [3.63, 3.8) is 0 Å². The molecule has 9 heteroatoms. The van der Waals surface area contributed by atoms with Gasteiger partial charge in [-0.25, -0.2) is 34.1 Å². The van der Waals surface area contributed by atoms with Crippen molar-refractivity contribution < 1.29 is 28.9 Å². The monoisotopic (exact) mass is 397 g/mol. The molecule has 0 aromatic heterocycles. The summed E-state index contributed by atoms with van der Waals surface area (Å²) >= 11 is 0. The molecule has 1 unspecified atom stereocenters. The number of nitrogens with zero attached hydrogens (tertiary/aromatic N) is 2. The smallest absolute Gasteiger partial charge is 0.407 e. The Bertz CT molecular complexity index is 502.